The zero-order chi connectivity index (χ0) is 12.1. The van der Waals surface area contributed by atoms with Gasteiger partial charge in [0.1, 0.15) is 0 Å². The molecule has 1 fully saturated rings. The third kappa shape index (κ3) is 3.43. The van der Waals surface area contributed by atoms with E-state index in [9.17, 15) is 0 Å². The number of benzene rings is 1. The van der Waals surface area contributed by atoms with E-state index >= 15 is 0 Å². The van der Waals surface area contributed by atoms with Crippen LogP contribution in [0.1, 0.15) is 5.56 Å². The van der Waals surface area contributed by atoms with Crippen molar-refractivity contribution in [2.45, 2.75) is 0 Å². The summed E-state index contributed by atoms with van der Waals surface area (Å²) in [4.78, 5) is 2.21. The molecule has 1 aromatic rings. The molecule has 1 aliphatic rings. The van der Waals surface area contributed by atoms with E-state index in [0.717, 1.165) is 24.1 Å². The minimum atomic E-state index is -0.234. The summed E-state index contributed by atoms with van der Waals surface area (Å²) >= 11 is 0. The second-order valence-corrected chi connectivity index (χ2v) is 4.25. The molecule has 4 heteroatoms. The standard InChI is InChI=1S/C13H18BNO2/c1-3-12-4-6-13(7-5-12)14-16-10-8-15(2)9-11-17-14/h3-7H,1,8-11H2,2H3. The molecule has 0 amide bonds. The Kier molecular flexibility index (Phi) is 4.37. The van der Waals surface area contributed by atoms with Crippen molar-refractivity contribution in [3.05, 3.63) is 36.4 Å². The number of likely N-dealkylation sites (N-methyl/N-ethyl adjacent to an activating group) is 1. The normalized spacial score (nSPS) is 18.5. The molecule has 0 radical (unpaired) electrons. The zero-order valence-corrected chi connectivity index (χ0v) is 10.3. The van der Waals surface area contributed by atoms with Crippen molar-refractivity contribution in [3.63, 3.8) is 0 Å². The molecule has 17 heavy (non-hydrogen) atoms. The van der Waals surface area contributed by atoms with Crippen LogP contribution in [0, 0.1) is 0 Å². The third-order valence-corrected chi connectivity index (χ3v) is 2.93. The number of hydrogen-bond acceptors (Lipinski definition) is 3. The smallest absolute Gasteiger partial charge is 0.406 e. The average Bonchev–Trinajstić information content (AvgIpc) is 2.34. The van der Waals surface area contributed by atoms with Crippen LogP contribution in [-0.4, -0.2) is 45.4 Å². The first-order valence-electron chi connectivity index (χ1n) is 5.94. The maximum absolute atomic E-state index is 5.72. The van der Waals surface area contributed by atoms with Gasteiger partial charge in [0, 0.05) is 26.3 Å². The van der Waals surface area contributed by atoms with Crippen LogP contribution in [0.25, 0.3) is 6.08 Å². The summed E-state index contributed by atoms with van der Waals surface area (Å²) in [7, 11) is 1.84. The van der Waals surface area contributed by atoms with Gasteiger partial charge >= 0.3 is 7.12 Å². The Morgan fingerprint density at radius 2 is 1.76 bits per heavy atom. The van der Waals surface area contributed by atoms with E-state index in [0.29, 0.717) is 13.2 Å². The van der Waals surface area contributed by atoms with Gasteiger partial charge in [0.15, 0.2) is 0 Å². The molecule has 0 aliphatic carbocycles. The lowest BCUT2D eigenvalue weighted by Crippen LogP contribution is -2.43. The second-order valence-electron chi connectivity index (χ2n) is 4.25. The molecule has 0 unspecified atom stereocenters. The lowest BCUT2D eigenvalue weighted by molar-refractivity contribution is 0.132. The lowest BCUT2D eigenvalue weighted by atomic mass is 9.78. The Hall–Kier alpha value is -1.10. The molecule has 0 N–H and O–H groups in total. The highest BCUT2D eigenvalue weighted by atomic mass is 16.6. The van der Waals surface area contributed by atoms with Crippen molar-refractivity contribution in [3.8, 4) is 0 Å². The Labute approximate surface area is 103 Å². The molecule has 1 heterocycles. The number of rotatable bonds is 2. The molecular weight excluding hydrogens is 213 g/mol. The Morgan fingerprint density at radius 1 is 1.18 bits per heavy atom. The molecule has 0 atom stereocenters. The highest BCUT2D eigenvalue weighted by Gasteiger charge is 2.22. The first-order valence-corrected chi connectivity index (χ1v) is 5.94. The van der Waals surface area contributed by atoms with Crippen LogP contribution in [0.5, 0.6) is 0 Å². The lowest BCUT2D eigenvalue weighted by Gasteiger charge is -2.24. The van der Waals surface area contributed by atoms with Gasteiger partial charge in [-0.25, -0.2) is 0 Å². The largest absolute Gasteiger partial charge is 0.493 e. The van der Waals surface area contributed by atoms with Crippen LogP contribution < -0.4 is 5.46 Å². The van der Waals surface area contributed by atoms with Crippen LogP contribution >= 0.6 is 0 Å². The van der Waals surface area contributed by atoms with Gasteiger partial charge in [0.05, 0.1) is 0 Å². The molecule has 1 saturated heterocycles. The molecule has 0 spiro atoms. The van der Waals surface area contributed by atoms with E-state index in [1.54, 1.807) is 0 Å². The van der Waals surface area contributed by atoms with E-state index in [2.05, 4.69) is 18.5 Å². The van der Waals surface area contributed by atoms with Crippen LogP contribution in [0.4, 0.5) is 0 Å². The summed E-state index contributed by atoms with van der Waals surface area (Å²) in [5.41, 5.74) is 2.18. The molecule has 3 nitrogen and oxygen atoms in total. The van der Waals surface area contributed by atoms with Crippen molar-refractivity contribution < 1.29 is 9.31 Å². The molecule has 1 aliphatic heterocycles. The summed E-state index contributed by atoms with van der Waals surface area (Å²) in [5.74, 6) is 0. The van der Waals surface area contributed by atoms with E-state index in [1.807, 2.05) is 30.3 Å². The Morgan fingerprint density at radius 3 is 2.29 bits per heavy atom. The fraction of sp³-hybridized carbons (Fsp3) is 0.385. The number of hydrogen-bond donors (Lipinski definition) is 0. The van der Waals surface area contributed by atoms with Gasteiger partial charge < -0.3 is 14.2 Å². The second kappa shape index (κ2) is 6.01. The average molecular weight is 231 g/mol. The van der Waals surface area contributed by atoms with E-state index in [1.165, 1.54) is 0 Å². The van der Waals surface area contributed by atoms with Crippen molar-refractivity contribution >= 4 is 18.7 Å². The molecule has 0 saturated carbocycles. The van der Waals surface area contributed by atoms with Gasteiger partial charge in [-0.05, 0) is 18.1 Å². The minimum absolute atomic E-state index is 0.234. The fourth-order valence-corrected chi connectivity index (χ4v) is 1.77. The van der Waals surface area contributed by atoms with Gasteiger partial charge in [0.2, 0.25) is 0 Å². The van der Waals surface area contributed by atoms with E-state index in [-0.39, 0.29) is 7.12 Å². The predicted octanol–water partition coefficient (Wildman–Crippen LogP) is 1.00. The highest BCUT2D eigenvalue weighted by molar-refractivity contribution is 6.61. The van der Waals surface area contributed by atoms with Crippen LogP contribution in [0.2, 0.25) is 0 Å². The molecule has 0 bridgehead atoms. The highest BCUT2D eigenvalue weighted by Crippen LogP contribution is 2.02. The van der Waals surface area contributed by atoms with Gasteiger partial charge in [-0.2, -0.15) is 0 Å². The summed E-state index contributed by atoms with van der Waals surface area (Å²) in [6, 6.07) is 8.12. The first-order chi connectivity index (χ1) is 8.29. The van der Waals surface area contributed by atoms with Crippen LogP contribution in [0.15, 0.2) is 30.8 Å². The Bertz CT molecular complexity index is 356. The predicted molar refractivity (Wildman–Crippen MR) is 71.3 cm³/mol. The number of nitrogens with zero attached hydrogens (tertiary/aromatic N) is 1. The maximum Gasteiger partial charge on any atom is 0.493 e. The zero-order valence-electron chi connectivity index (χ0n) is 10.3. The third-order valence-electron chi connectivity index (χ3n) is 2.93. The molecule has 0 aromatic heterocycles. The summed E-state index contributed by atoms with van der Waals surface area (Å²) < 4.78 is 11.4. The SMILES string of the molecule is C=Cc1ccc(B2OCCN(C)CCO2)cc1. The van der Waals surface area contributed by atoms with Gasteiger partial charge in [-0.15, -0.1) is 0 Å². The molecular formula is C13H18BNO2. The first kappa shape index (κ1) is 12.4. The summed E-state index contributed by atoms with van der Waals surface area (Å²) in [5, 5.41) is 0. The van der Waals surface area contributed by atoms with Gasteiger partial charge in [-0.1, -0.05) is 36.9 Å². The molecule has 90 valence electrons. The van der Waals surface area contributed by atoms with Gasteiger partial charge in [-0.3, -0.25) is 0 Å². The summed E-state index contributed by atoms with van der Waals surface area (Å²) in [6.07, 6.45) is 1.83. The van der Waals surface area contributed by atoms with Crippen molar-refractivity contribution in [2.24, 2.45) is 0 Å². The maximum atomic E-state index is 5.72. The fourth-order valence-electron chi connectivity index (χ4n) is 1.77. The van der Waals surface area contributed by atoms with Gasteiger partial charge in [0.25, 0.3) is 0 Å². The van der Waals surface area contributed by atoms with Crippen LogP contribution in [0.3, 0.4) is 0 Å². The van der Waals surface area contributed by atoms with Crippen molar-refractivity contribution in [2.75, 3.05) is 33.4 Å². The van der Waals surface area contributed by atoms with Crippen molar-refractivity contribution in [1.82, 2.24) is 4.90 Å². The topological polar surface area (TPSA) is 21.7 Å². The molecule has 2 rings (SSSR count). The molecule has 1 aromatic carbocycles. The summed E-state index contributed by atoms with van der Waals surface area (Å²) in [6.45, 7) is 7.04. The Balaban J connectivity index is 2.02. The monoisotopic (exact) mass is 231 g/mol. The van der Waals surface area contributed by atoms with Crippen molar-refractivity contribution in [1.29, 1.82) is 0 Å². The van der Waals surface area contributed by atoms with Crippen LogP contribution in [-0.2, 0) is 9.31 Å². The van der Waals surface area contributed by atoms with E-state index in [4.69, 9.17) is 9.31 Å². The van der Waals surface area contributed by atoms with E-state index < -0.39 is 0 Å². The minimum Gasteiger partial charge on any atom is -0.406 e. The quantitative estimate of drug-likeness (QED) is 0.709.